The zero-order valence-corrected chi connectivity index (χ0v) is 21.7. The molecule has 0 unspecified atom stereocenters. The van der Waals surface area contributed by atoms with Crippen molar-refractivity contribution in [2.45, 2.75) is 20.0 Å². The number of carbonyl (C=O) groups is 2. The van der Waals surface area contributed by atoms with Gasteiger partial charge in [0, 0.05) is 29.1 Å². The van der Waals surface area contributed by atoms with E-state index in [1.807, 2.05) is 6.92 Å². The summed E-state index contributed by atoms with van der Waals surface area (Å²) in [4.78, 5) is 45.9. The predicted molar refractivity (Wildman–Crippen MR) is 138 cm³/mol. The van der Waals surface area contributed by atoms with Crippen LogP contribution in [0.1, 0.15) is 37.1 Å². The summed E-state index contributed by atoms with van der Waals surface area (Å²) in [7, 11) is 3.03. The molecule has 0 saturated heterocycles. The lowest BCUT2D eigenvalue weighted by Crippen LogP contribution is -2.26. The van der Waals surface area contributed by atoms with Gasteiger partial charge in [0.05, 0.1) is 49.6 Å². The lowest BCUT2D eigenvalue weighted by Gasteiger charge is -2.15. The Labute approximate surface area is 221 Å². The van der Waals surface area contributed by atoms with E-state index < -0.39 is 0 Å². The topological polar surface area (TPSA) is 119 Å². The zero-order valence-electron chi connectivity index (χ0n) is 20.1. The summed E-state index contributed by atoms with van der Waals surface area (Å²) in [5.41, 5.74) is 3.33. The van der Waals surface area contributed by atoms with E-state index in [4.69, 9.17) is 21.1 Å². The molecule has 1 aliphatic rings. The number of nitrogens with one attached hydrogen (secondary N) is 1. The number of carbonyl (C=O) groups excluding carboxylic acids is 2. The molecule has 0 aliphatic carbocycles. The fourth-order valence-electron chi connectivity index (χ4n) is 3.97. The van der Waals surface area contributed by atoms with Crippen molar-refractivity contribution >= 4 is 39.9 Å². The van der Waals surface area contributed by atoms with E-state index >= 15 is 0 Å². The van der Waals surface area contributed by atoms with Crippen LogP contribution in [0.2, 0.25) is 5.15 Å². The first-order valence-corrected chi connectivity index (χ1v) is 12.3. The summed E-state index contributed by atoms with van der Waals surface area (Å²) in [5.74, 6) is 0.264. The molecule has 188 valence electrons. The Hall–Kier alpha value is -4.09. The Morgan fingerprint density at radius 2 is 1.89 bits per heavy atom. The van der Waals surface area contributed by atoms with Crippen LogP contribution in [-0.4, -0.2) is 50.9 Å². The second kappa shape index (κ2) is 10.1. The monoisotopic (exact) mass is 536 g/mol. The van der Waals surface area contributed by atoms with Crippen LogP contribution in [0, 0.1) is 6.92 Å². The van der Waals surface area contributed by atoms with Crippen LogP contribution in [0.3, 0.4) is 0 Å². The van der Waals surface area contributed by atoms with E-state index in [1.165, 1.54) is 38.0 Å². The molecule has 0 atom stereocenters. The van der Waals surface area contributed by atoms with Gasteiger partial charge < -0.3 is 14.4 Å². The lowest BCUT2D eigenvalue weighted by atomic mass is 10.0. The van der Waals surface area contributed by atoms with Gasteiger partial charge in [0.1, 0.15) is 16.6 Å². The van der Waals surface area contributed by atoms with Crippen molar-refractivity contribution in [1.82, 2.24) is 24.8 Å². The number of fused-ring (bicyclic) bond motifs is 1. The normalized spacial score (nSPS) is 12.3. The number of aryl methyl sites for hydroxylation is 1. The average Bonchev–Trinajstić information content (AvgIpc) is 3.47. The van der Waals surface area contributed by atoms with Gasteiger partial charge in [0.2, 0.25) is 5.88 Å². The molecule has 2 amide bonds. The smallest absolute Gasteiger partial charge is 0.273 e. The predicted octanol–water partition coefficient (Wildman–Crippen LogP) is 4.38. The highest BCUT2D eigenvalue weighted by Gasteiger charge is 2.29. The van der Waals surface area contributed by atoms with Crippen molar-refractivity contribution in [3.8, 4) is 22.8 Å². The largest absolute Gasteiger partial charge is 0.494 e. The summed E-state index contributed by atoms with van der Waals surface area (Å²) < 4.78 is 10.5. The number of nitrogens with zero attached hydrogens (tertiary/aromatic N) is 5. The van der Waals surface area contributed by atoms with Crippen LogP contribution in [0.15, 0.2) is 42.7 Å². The summed E-state index contributed by atoms with van der Waals surface area (Å²) >= 11 is 7.45. The standard InChI is InChI=1S/C25H21ClN6O4S/c1-13-7-14(15-8-21(26)28-10-19(15)35-2)16(9-27-13)23(33)31-25-30-18-11-32(12-20(18)37-25)24(34)17-5-4-6-22(29-17)36-3/h4-10H,11-12H2,1-3H3,(H,30,31,33). The van der Waals surface area contributed by atoms with E-state index in [0.29, 0.717) is 52.2 Å². The zero-order chi connectivity index (χ0) is 26.1. The number of hydrogen-bond donors (Lipinski definition) is 1. The SMILES string of the molecule is COc1cccc(C(=O)N2Cc3nc(NC(=O)c4cnc(C)cc4-c4cc(Cl)ncc4OC)sc3C2)n1. The maximum absolute atomic E-state index is 13.3. The number of rotatable bonds is 6. The number of aromatic nitrogens is 4. The maximum Gasteiger partial charge on any atom is 0.273 e. The molecule has 5 heterocycles. The van der Waals surface area contributed by atoms with Gasteiger partial charge in [-0.3, -0.25) is 19.9 Å². The Bertz CT molecular complexity index is 1500. The molecule has 0 spiro atoms. The molecule has 1 N–H and O–H groups in total. The summed E-state index contributed by atoms with van der Waals surface area (Å²) in [6.45, 7) is 2.54. The third kappa shape index (κ3) is 4.95. The quantitative estimate of drug-likeness (QED) is 0.360. The molecular formula is C25H21ClN6O4S. The van der Waals surface area contributed by atoms with Gasteiger partial charge in [-0.15, -0.1) is 0 Å². The Morgan fingerprint density at radius 1 is 1.05 bits per heavy atom. The molecule has 0 radical (unpaired) electrons. The number of hydrogen-bond acceptors (Lipinski definition) is 9. The van der Waals surface area contributed by atoms with Gasteiger partial charge >= 0.3 is 0 Å². The lowest BCUT2D eigenvalue weighted by molar-refractivity contribution is 0.0744. The minimum atomic E-state index is -0.376. The van der Waals surface area contributed by atoms with Crippen LogP contribution in [-0.2, 0) is 13.1 Å². The summed E-state index contributed by atoms with van der Waals surface area (Å²) in [6, 6.07) is 8.49. The highest BCUT2D eigenvalue weighted by Crippen LogP contribution is 2.35. The Morgan fingerprint density at radius 3 is 2.65 bits per heavy atom. The molecular weight excluding hydrogens is 516 g/mol. The van der Waals surface area contributed by atoms with Gasteiger partial charge in [-0.25, -0.2) is 15.0 Å². The highest BCUT2D eigenvalue weighted by molar-refractivity contribution is 7.16. The Kier molecular flexibility index (Phi) is 6.72. The fourth-order valence-corrected chi connectivity index (χ4v) is 5.10. The number of amides is 2. The third-order valence-electron chi connectivity index (χ3n) is 5.74. The number of pyridine rings is 3. The van der Waals surface area contributed by atoms with Crippen LogP contribution in [0.25, 0.3) is 11.1 Å². The minimum absolute atomic E-state index is 0.213. The fraction of sp³-hybridized carbons (Fsp3) is 0.200. The Balaban J connectivity index is 1.35. The van der Waals surface area contributed by atoms with Gasteiger partial charge in [-0.2, -0.15) is 0 Å². The molecule has 4 aromatic heterocycles. The summed E-state index contributed by atoms with van der Waals surface area (Å²) in [5, 5.41) is 3.58. The molecule has 37 heavy (non-hydrogen) atoms. The van der Waals surface area contributed by atoms with Crippen molar-refractivity contribution in [2.75, 3.05) is 19.5 Å². The molecule has 10 nitrogen and oxygen atoms in total. The van der Waals surface area contributed by atoms with E-state index in [9.17, 15) is 9.59 Å². The van der Waals surface area contributed by atoms with Gasteiger partial charge in [0.15, 0.2) is 5.13 Å². The number of thiazole rings is 1. The molecule has 0 aromatic carbocycles. The van der Waals surface area contributed by atoms with E-state index in [-0.39, 0.29) is 17.0 Å². The van der Waals surface area contributed by atoms with Crippen LogP contribution in [0.5, 0.6) is 11.6 Å². The van der Waals surface area contributed by atoms with E-state index in [1.54, 1.807) is 35.2 Å². The van der Waals surface area contributed by atoms with Gasteiger partial charge in [-0.1, -0.05) is 29.0 Å². The third-order valence-corrected chi connectivity index (χ3v) is 6.95. The van der Waals surface area contributed by atoms with Crippen molar-refractivity contribution in [1.29, 1.82) is 0 Å². The van der Waals surface area contributed by atoms with Crippen LogP contribution < -0.4 is 14.8 Å². The second-order valence-corrected chi connectivity index (χ2v) is 9.62. The van der Waals surface area contributed by atoms with Crippen LogP contribution in [0.4, 0.5) is 5.13 Å². The number of anilines is 1. The first kappa shape index (κ1) is 24.6. The van der Waals surface area contributed by atoms with Crippen molar-refractivity contribution in [3.63, 3.8) is 0 Å². The van der Waals surface area contributed by atoms with Gasteiger partial charge in [-0.05, 0) is 25.1 Å². The number of ether oxygens (including phenoxy) is 2. The molecule has 0 saturated carbocycles. The molecule has 4 aromatic rings. The number of halogens is 1. The van der Waals surface area contributed by atoms with Crippen molar-refractivity contribution in [3.05, 3.63) is 75.4 Å². The van der Waals surface area contributed by atoms with Crippen molar-refractivity contribution in [2.24, 2.45) is 0 Å². The molecule has 5 rings (SSSR count). The first-order chi connectivity index (χ1) is 17.9. The van der Waals surface area contributed by atoms with E-state index in [0.717, 1.165) is 16.3 Å². The van der Waals surface area contributed by atoms with Crippen LogP contribution >= 0.6 is 22.9 Å². The van der Waals surface area contributed by atoms with Gasteiger partial charge in [0.25, 0.3) is 11.8 Å². The van der Waals surface area contributed by atoms with E-state index in [2.05, 4.69) is 25.3 Å². The minimum Gasteiger partial charge on any atom is -0.494 e. The maximum atomic E-state index is 13.3. The first-order valence-electron chi connectivity index (χ1n) is 11.1. The number of methoxy groups -OCH3 is 2. The molecule has 0 fully saturated rings. The average molecular weight is 537 g/mol. The summed E-state index contributed by atoms with van der Waals surface area (Å²) in [6.07, 6.45) is 3.02. The van der Waals surface area contributed by atoms with Crippen molar-refractivity contribution < 1.29 is 19.1 Å². The highest BCUT2D eigenvalue weighted by atomic mass is 35.5. The second-order valence-electron chi connectivity index (χ2n) is 8.15. The molecule has 12 heteroatoms. The molecule has 1 aliphatic heterocycles. The molecule has 0 bridgehead atoms.